The Balaban J connectivity index is 4.32. The molecule has 6 heteroatoms. The highest BCUT2D eigenvalue weighted by atomic mass is 16.6. The van der Waals surface area contributed by atoms with Crippen LogP contribution in [0.5, 0.6) is 0 Å². The summed E-state index contributed by atoms with van der Waals surface area (Å²) in [7, 11) is 0. The molecule has 1 atom stereocenters. The fourth-order valence-electron chi connectivity index (χ4n) is 6.87. The lowest BCUT2D eigenvalue weighted by Gasteiger charge is -2.18. The molecule has 0 aliphatic carbocycles. The molecule has 6 nitrogen and oxygen atoms in total. The van der Waals surface area contributed by atoms with E-state index >= 15 is 0 Å². The zero-order valence-electron chi connectivity index (χ0n) is 42.0. The van der Waals surface area contributed by atoms with Crippen molar-refractivity contribution in [2.24, 2.45) is 0 Å². The summed E-state index contributed by atoms with van der Waals surface area (Å²) < 4.78 is 16.7. The van der Waals surface area contributed by atoms with Gasteiger partial charge in [-0.1, -0.05) is 214 Å². The van der Waals surface area contributed by atoms with Crippen LogP contribution in [0.25, 0.3) is 0 Å². The molecule has 368 valence electrons. The summed E-state index contributed by atoms with van der Waals surface area (Å²) >= 11 is 0. The Hall–Kier alpha value is -3.93. The molecule has 0 aromatic rings. The average molecular weight is 901 g/mol. The monoisotopic (exact) mass is 901 g/mol. The van der Waals surface area contributed by atoms with Gasteiger partial charge < -0.3 is 14.2 Å². The third kappa shape index (κ3) is 50.9. The minimum absolute atomic E-state index is 0.0918. The number of hydrogen-bond acceptors (Lipinski definition) is 6. The van der Waals surface area contributed by atoms with Crippen molar-refractivity contribution in [2.45, 2.75) is 232 Å². The summed E-state index contributed by atoms with van der Waals surface area (Å²) in [5.74, 6) is -0.939. The van der Waals surface area contributed by atoms with E-state index in [0.29, 0.717) is 19.3 Å². The van der Waals surface area contributed by atoms with E-state index in [9.17, 15) is 14.4 Å². The van der Waals surface area contributed by atoms with Crippen LogP contribution in [0.1, 0.15) is 226 Å². The predicted molar refractivity (Wildman–Crippen MR) is 279 cm³/mol. The molecule has 0 heterocycles. The molecule has 0 radical (unpaired) electrons. The second-order valence-electron chi connectivity index (χ2n) is 17.0. The van der Waals surface area contributed by atoms with Gasteiger partial charge in [-0.2, -0.15) is 0 Å². The van der Waals surface area contributed by atoms with Gasteiger partial charge >= 0.3 is 17.9 Å². The summed E-state index contributed by atoms with van der Waals surface area (Å²) in [5.41, 5.74) is 0. The van der Waals surface area contributed by atoms with E-state index in [1.165, 1.54) is 51.4 Å². The van der Waals surface area contributed by atoms with Crippen molar-refractivity contribution in [3.05, 3.63) is 109 Å². The molecule has 0 fully saturated rings. The van der Waals surface area contributed by atoms with Gasteiger partial charge in [0.1, 0.15) is 13.2 Å². The van der Waals surface area contributed by atoms with Crippen LogP contribution < -0.4 is 0 Å². The van der Waals surface area contributed by atoms with Gasteiger partial charge in [-0.25, -0.2) is 0 Å². The Bertz CT molecular complexity index is 1360. The Morgan fingerprint density at radius 2 is 0.600 bits per heavy atom. The number of carbonyl (C=O) groups is 3. The van der Waals surface area contributed by atoms with E-state index in [4.69, 9.17) is 14.2 Å². The Morgan fingerprint density at radius 1 is 0.323 bits per heavy atom. The molecular formula is C59H96O6. The molecule has 0 rings (SSSR count). The van der Waals surface area contributed by atoms with E-state index in [0.717, 1.165) is 135 Å². The number of allylic oxidation sites excluding steroid dienone is 18. The van der Waals surface area contributed by atoms with Gasteiger partial charge in [0.25, 0.3) is 0 Å². The van der Waals surface area contributed by atoms with Crippen molar-refractivity contribution in [3.8, 4) is 0 Å². The van der Waals surface area contributed by atoms with Crippen LogP contribution in [0.3, 0.4) is 0 Å². The maximum absolute atomic E-state index is 12.8. The first-order chi connectivity index (χ1) is 32.0. The highest BCUT2D eigenvalue weighted by Gasteiger charge is 2.19. The van der Waals surface area contributed by atoms with Crippen molar-refractivity contribution in [1.82, 2.24) is 0 Å². The lowest BCUT2D eigenvalue weighted by Crippen LogP contribution is -2.30. The lowest BCUT2D eigenvalue weighted by molar-refractivity contribution is -0.167. The zero-order valence-corrected chi connectivity index (χ0v) is 42.0. The van der Waals surface area contributed by atoms with Gasteiger partial charge in [0.15, 0.2) is 6.10 Å². The maximum Gasteiger partial charge on any atom is 0.306 e. The van der Waals surface area contributed by atoms with Gasteiger partial charge in [0, 0.05) is 19.3 Å². The van der Waals surface area contributed by atoms with Gasteiger partial charge in [0.05, 0.1) is 0 Å². The fraction of sp³-hybridized carbons (Fsp3) is 0.644. The average Bonchev–Trinajstić information content (AvgIpc) is 3.30. The van der Waals surface area contributed by atoms with Crippen LogP contribution in [-0.2, 0) is 28.6 Å². The molecule has 0 spiro atoms. The third-order valence-corrected chi connectivity index (χ3v) is 10.8. The van der Waals surface area contributed by atoms with Crippen molar-refractivity contribution >= 4 is 17.9 Å². The number of carbonyl (C=O) groups excluding carboxylic acids is 3. The van der Waals surface area contributed by atoms with Crippen LogP contribution in [0, 0.1) is 0 Å². The largest absolute Gasteiger partial charge is 0.462 e. The summed E-state index contributed by atoms with van der Waals surface area (Å²) in [6, 6.07) is 0. The first-order valence-electron chi connectivity index (χ1n) is 26.4. The zero-order chi connectivity index (χ0) is 47.2. The minimum Gasteiger partial charge on any atom is -0.462 e. The maximum atomic E-state index is 12.8. The van der Waals surface area contributed by atoms with Gasteiger partial charge in [-0.05, 0) is 103 Å². The van der Waals surface area contributed by atoms with Crippen LogP contribution in [0.2, 0.25) is 0 Å². The second-order valence-corrected chi connectivity index (χ2v) is 17.0. The topological polar surface area (TPSA) is 78.9 Å². The standard InChI is InChI=1S/C59H96O6/c1-4-7-10-13-16-18-20-22-24-26-27-28-29-30-31-33-34-36-38-40-43-46-49-52-58(61)64-55-56(54-63-57(60)51-48-45-42-15-12-9-6-3)65-59(62)53-50-47-44-41-39-37-35-32-25-23-21-19-17-14-11-8-5-2/h7-8,10-11,16-19,22-25,27-28,30-31,34,36,56H,4-6,9,12-15,20-21,26,29,32-33,35,37-55H2,1-3H3/b10-7-,11-8-,18-16-,19-17-,24-22-,25-23-,28-27-,31-30-,36-34-. The quantitative estimate of drug-likeness (QED) is 0.0262. The fourth-order valence-corrected chi connectivity index (χ4v) is 6.87. The molecule has 0 bridgehead atoms. The summed E-state index contributed by atoms with van der Waals surface area (Å²) in [6.07, 6.45) is 70.9. The van der Waals surface area contributed by atoms with Crippen molar-refractivity contribution in [2.75, 3.05) is 13.2 Å². The smallest absolute Gasteiger partial charge is 0.306 e. The minimum atomic E-state index is -0.793. The number of esters is 3. The van der Waals surface area contributed by atoms with Crippen LogP contribution in [0.4, 0.5) is 0 Å². The molecule has 0 aromatic carbocycles. The summed E-state index contributed by atoms with van der Waals surface area (Å²) in [6.45, 7) is 6.33. The normalized spacial score (nSPS) is 13.0. The molecule has 0 aliphatic heterocycles. The van der Waals surface area contributed by atoms with Gasteiger partial charge in [-0.3, -0.25) is 14.4 Å². The number of ether oxygens (including phenoxy) is 3. The molecule has 0 aromatic heterocycles. The van der Waals surface area contributed by atoms with Crippen molar-refractivity contribution in [1.29, 1.82) is 0 Å². The predicted octanol–water partition coefficient (Wildman–Crippen LogP) is 17.5. The van der Waals surface area contributed by atoms with E-state index in [-0.39, 0.29) is 31.1 Å². The first kappa shape index (κ1) is 61.1. The molecule has 0 amide bonds. The number of unbranched alkanes of at least 4 members (excludes halogenated alkanes) is 17. The van der Waals surface area contributed by atoms with Crippen molar-refractivity contribution < 1.29 is 28.6 Å². The van der Waals surface area contributed by atoms with Gasteiger partial charge in [-0.15, -0.1) is 0 Å². The van der Waals surface area contributed by atoms with E-state index in [1.54, 1.807) is 0 Å². The number of rotatable bonds is 46. The number of hydrogen-bond donors (Lipinski definition) is 0. The van der Waals surface area contributed by atoms with E-state index < -0.39 is 6.10 Å². The first-order valence-corrected chi connectivity index (χ1v) is 26.4. The highest BCUT2D eigenvalue weighted by Crippen LogP contribution is 2.13. The SMILES string of the molecule is CC/C=C\C/C=C\C/C=C\C/C=C\C/C=C\C/C=C\CCCCCCC(=O)OCC(COC(=O)CCCCCCCCC)OC(=O)CCCCCCCCC/C=C\C/C=C\C/C=C\CC. The van der Waals surface area contributed by atoms with Gasteiger partial charge in [0.2, 0.25) is 0 Å². The van der Waals surface area contributed by atoms with Crippen molar-refractivity contribution in [3.63, 3.8) is 0 Å². The molecular weight excluding hydrogens is 805 g/mol. The molecule has 0 saturated heterocycles. The van der Waals surface area contributed by atoms with E-state index in [2.05, 4.69) is 130 Å². The van der Waals surface area contributed by atoms with E-state index in [1.807, 2.05) is 0 Å². The Kier molecular flexibility index (Phi) is 49.5. The van der Waals surface area contributed by atoms with Crippen LogP contribution in [-0.4, -0.2) is 37.2 Å². The molecule has 0 N–H and O–H groups in total. The Morgan fingerprint density at radius 3 is 0.938 bits per heavy atom. The molecule has 65 heavy (non-hydrogen) atoms. The summed E-state index contributed by atoms with van der Waals surface area (Å²) in [5, 5.41) is 0. The summed E-state index contributed by atoms with van der Waals surface area (Å²) in [4.78, 5) is 37.9. The van der Waals surface area contributed by atoms with Crippen LogP contribution >= 0.6 is 0 Å². The molecule has 0 aliphatic rings. The lowest BCUT2D eigenvalue weighted by atomic mass is 10.1. The Labute approximate surface area is 400 Å². The van der Waals surface area contributed by atoms with Crippen LogP contribution in [0.15, 0.2) is 109 Å². The highest BCUT2D eigenvalue weighted by molar-refractivity contribution is 5.71. The molecule has 0 saturated carbocycles. The third-order valence-electron chi connectivity index (χ3n) is 10.8. The second kappa shape index (κ2) is 52.7. The molecule has 1 unspecified atom stereocenters.